The largest absolute Gasteiger partial charge is 0.352 e. The Balaban J connectivity index is 1.57. The summed E-state index contributed by atoms with van der Waals surface area (Å²) in [6, 6.07) is 20.1. The van der Waals surface area contributed by atoms with Gasteiger partial charge in [-0.1, -0.05) is 42.5 Å². The zero-order valence-electron chi connectivity index (χ0n) is 17.2. The highest BCUT2D eigenvalue weighted by molar-refractivity contribution is 7.89. The molecule has 0 heterocycles. The number of carbonyl (C=O) groups excluding carboxylic acids is 2. The van der Waals surface area contributed by atoms with Crippen molar-refractivity contribution in [1.29, 1.82) is 0 Å². The standard InChI is InChI=1S/C23H24N4O4S/c24-15-16-4-3-5-19(14-16)27-22(28)12-13-26-23(29)18-10-8-17(9-11-18)20-6-1-2-7-21(20)32(25,30)31/h1-11,14H,12-13,15,24H2,(H,26,29)(H,27,28)(H2,25,30,31). The zero-order valence-corrected chi connectivity index (χ0v) is 18.1. The van der Waals surface area contributed by atoms with Crippen LogP contribution in [0.25, 0.3) is 11.1 Å². The molecule has 6 N–H and O–H groups in total. The predicted octanol–water partition coefficient (Wildman–Crippen LogP) is 2.22. The molecule has 3 rings (SSSR count). The van der Waals surface area contributed by atoms with Gasteiger partial charge in [0.15, 0.2) is 0 Å². The van der Waals surface area contributed by atoms with Crippen LogP contribution in [0.4, 0.5) is 5.69 Å². The van der Waals surface area contributed by atoms with Crippen molar-refractivity contribution in [2.24, 2.45) is 10.9 Å². The fourth-order valence-electron chi connectivity index (χ4n) is 3.15. The van der Waals surface area contributed by atoms with E-state index < -0.39 is 10.0 Å². The van der Waals surface area contributed by atoms with E-state index >= 15 is 0 Å². The van der Waals surface area contributed by atoms with Crippen LogP contribution in [0, 0.1) is 0 Å². The molecule has 0 aliphatic rings. The van der Waals surface area contributed by atoms with Gasteiger partial charge in [0, 0.05) is 36.3 Å². The van der Waals surface area contributed by atoms with Crippen molar-refractivity contribution < 1.29 is 18.0 Å². The third-order valence-electron chi connectivity index (χ3n) is 4.74. The Kier molecular flexibility index (Phi) is 7.37. The normalized spacial score (nSPS) is 11.1. The molecule has 166 valence electrons. The molecule has 9 heteroatoms. The average molecular weight is 453 g/mol. The maximum Gasteiger partial charge on any atom is 0.251 e. The zero-order chi connectivity index (χ0) is 23.1. The van der Waals surface area contributed by atoms with Crippen LogP contribution >= 0.6 is 0 Å². The minimum Gasteiger partial charge on any atom is -0.352 e. The second kappa shape index (κ2) is 10.2. The third-order valence-corrected chi connectivity index (χ3v) is 5.70. The molecule has 32 heavy (non-hydrogen) atoms. The number of hydrogen-bond acceptors (Lipinski definition) is 5. The van der Waals surface area contributed by atoms with Crippen molar-refractivity contribution in [3.8, 4) is 11.1 Å². The van der Waals surface area contributed by atoms with Crippen LogP contribution in [0.3, 0.4) is 0 Å². The first kappa shape index (κ1) is 23.1. The Hall–Kier alpha value is -3.53. The molecule has 2 amide bonds. The number of carbonyl (C=O) groups is 2. The predicted molar refractivity (Wildman–Crippen MR) is 123 cm³/mol. The molecule has 0 saturated carbocycles. The Bertz CT molecular complexity index is 1220. The molecule has 0 aromatic heterocycles. The van der Waals surface area contributed by atoms with E-state index in [0.717, 1.165) is 5.56 Å². The van der Waals surface area contributed by atoms with Crippen molar-refractivity contribution in [2.75, 3.05) is 11.9 Å². The Labute approximate surface area is 186 Å². The van der Waals surface area contributed by atoms with Crippen molar-refractivity contribution in [2.45, 2.75) is 17.9 Å². The molecule has 0 saturated heterocycles. The van der Waals surface area contributed by atoms with Crippen LogP contribution in [0.1, 0.15) is 22.3 Å². The minimum atomic E-state index is -3.88. The molecule has 0 atom stereocenters. The van der Waals surface area contributed by atoms with Gasteiger partial charge in [-0.3, -0.25) is 9.59 Å². The summed E-state index contributed by atoms with van der Waals surface area (Å²) in [5.74, 6) is -0.566. The van der Waals surface area contributed by atoms with Crippen molar-refractivity contribution >= 4 is 27.5 Å². The number of nitrogens with one attached hydrogen (secondary N) is 2. The number of anilines is 1. The van der Waals surface area contributed by atoms with Gasteiger partial charge in [0.2, 0.25) is 15.9 Å². The first-order valence-electron chi connectivity index (χ1n) is 9.87. The molecule has 0 radical (unpaired) electrons. The van der Waals surface area contributed by atoms with Crippen LogP contribution in [0.2, 0.25) is 0 Å². The number of hydrogen-bond donors (Lipinski definition) is 4. The first-order chi connectivity index (χ1) is 15.3. The van der Waals surface area contributed by atoms with Gasteiger partial charge in [-0.25, -0.2) is 13.6 Å². The second-order valence-electron chi connectivity index (χ2n) is 7.08. The fraction of sp³-hybridized carbons (Fsp3) is 0.130. The van der Waals surface area contributed by atoms with E-state index in [4.69, 9.17) is 10.9 Å². The van der Waals surface area contributed by atoms with Crippen LogP contribution in [0.15, 0.2) is 77.7 Å². The molecule has 0 aliphatic carbocycles. The molecule has 3 aromatic rings. The van der Waals surface area contributed by atoms with E-state index in [1.165, 1.54) is 6.07 Å². The van der Waals surface area contributed by atoms with Crippen molar-refractivity contribution in [3.05, 3.63) is 83.9 Å². The molecule has 0 spiro atoms. The summed E-state index contributed by atoms with van der Waals surface area (Å²) in [5.41, 5.74) is 8.61. The molecule has 3 aromatic carbocycles. The number of benzene rings is 3. The summed E-state index contributed by atoms with van der Waals surface area (Å²) < 4.78 is 23.6. The van der Waals surface area contributed by atoms with Gasteiger partial charge < -0.3 is 16.4 Å². The van der Waals surface area contributed by atoms with Gasteiger partial charge in [0.25, 0.3) is 5.91 Å². The molecule has 8 nitrogen and oxygen atoms in total. The highest BCUT2D eigenvalue weighted by atomic mass is 32.2. The average Bonchev–Trinajstić information content (AvgIpc) is 2.78. The highest BCUT2D eigenvalue weighted by Crippen LogP contribution is 2.26. The molecular formula is C23H24N4O4S. The topological polar surface area (TPSA) is 144 Å². The van der Waals surface area contributed by atoms with E-state index in [1.54, 1.807) is 54.6 Å². The van der Waals surface area contributed by atoms with Crippen molar-refractivity contribution in [3.63, 3.8) is 0 Å². The van der Waals surface area contributed by atoms with Crippen LogP contribution in [0.5, 0.6) is 0 Å². The van der Waals surface area contributed by atoms with E-state index in [1.807, 2.05) is 12.1 Å². The number of nitrogens with two attached hydrogens (primary N) is 2. The number of primary sulfonamides is 1. The SMILES string of the molecule is NCc1cccc(NC(=O)CCNC(=O)c2ccc(-c3ccccc3S(N)(=O)=O)cc2)c1. The van der Waals surface area contributed by atoms with Gasteiger partial charge in [0.05, 0.1) is 4.90 Å². The summed E-state index contributed by atoms with van der Waals surface area (Å²) in [5, 5.41) is 10.8. The molecule has 0 aliphatic heterocycles. The van der Waals surface area contributed by atoms with Gasteiger partial charge in [-0.15, -0.1) is 0 Å². The number of rotatable bonds is 8. The third kappa shape index (κ3) is 6.01. The quantitative estimate of drug-likeness (QED) is 0.414. The molecule has 0 fully saturated rings. The van der Waals surface area contributed by atoms with Crippen LogP contribution in [-0.4, -0.2) is 26.8 Å². The Morgan fingerprint density at radius 1 is 0.906 bits per heavy atom. The lowest BCUT2D eigenvalue weighted by Gasteiger charge is -2.10. The van der Waals surface area contributed by atoms with E-state index in [-0.39, 0.29) is 29.7 Å². The maximum absolute atomic E-state index is 12.4. The summed E-state index contributed by atoms with van der Waals surface area (Å²) >= 11 is 0. The van der Waals surface area contributed by atoms with E-state index in [0.29, 0.717) is 28.9 Å². The smallest absolute Gasteiger partial charge is 0.251 e. The fourth-order valence-corrected chi connectivity index (χ4v) is 3.91. The lowest BCUT2D eigenvalue weighted by molar-refractivity contribution is -0.116. The minimum absolute atomic E-state index is 0.0141. The number of sulfonamides is 1. The van der Waals surface area contributed by atoms with Crippen LogP contribution < -0.4 is 21.5 Å². The second-order valence-corrected chi connectivity index (χ2v) is 8.61. The van der Waals surface area contributed by atoms with E-state index in [9.17, 15) is 18.0 Å². The molecule has 0 unspecified atom stereocenters. The van der Waals surface area contributed by atoms with Gasteiger partial charge in [0.1, 0.15) is 0 Å². The summed E-state index contributed by atoms with van der Waals surface area (Å²) in [7, 11) is -3.88. The van der Waals surface area contributed by atoms with Gasteiger partial charge >= 0.3 is 0 Å². The molecule has 0 bridgehead atoms. The van der Waals surface area contributed by atoms with Gasteiger partial charge in [-0.05, 0) is 41.5 Å². The lowest BCUT2D eigenvalue weighted by atomic mass is 10.0. The maximum atomic E-state index is 12.4. The Morgan fingerprint density at radius 2 is 1.62 bits per heavy atom. The number of amides is 2. The summed E-state index contributed by atoms with van der Waals surface area (Å²) in [6.45, 7) is 0.545. The molecular weight excluding hydrogens is 428 g/mol. The Morgan fingerprint density at radius 3 is 2.31 bits per heavy atom. The van der Waals surface area contributed by atoms with E-state index in [2.05, 4.69) is 10.6 Å². The lowest BCUT2D eigenvalue weighted by Crippen LogP contribution is -2.27. The summed E-state index contributed by atoms with van der Waals surface area (Å²) in [6.07, 6.45) is 0.110. The summed E-state index contributed by atoms with van der Waals surface area (Å²) in [4.78, 5) is 24.5. The van der Waals surface area contributed by atoms with Crippen molar-refractivity contribution in [1.82, 2.24) is 5.32 Å². The first-order valence-corrected chi connectivity index (χ1v) is 11.4. The highest BCUT2D eigenvalue weighted by Gasteiger charge is 2.15. The van der Waals surface area contributed by atoms with Gasteiger partial charge in [-0.2, -0.15) is 0 Å². The van der Waals surface area contributed by atoms with Crippen LogP contribution in [-0.2, 0) is 21.4 Å². The monoisotopic (exact) mass is 452 g/mol.